The van der Waals surface area contributed by atoms with Crippen LogP contribution in [-0.4, -0.2) is 29.4 Å². The van der Waals surface area contributed by atoms with Crippen LogP contribution in [0, 0.1) is 0 Å². The minimum atomic E-state index is -4.12. The molecule has 0 radical (unpaired) electrons. The molecular weight excluding hydrogens is 395 g/mol. The van der Waals surface area contributed by atoms with Crippen LogP contribution in [0.25, 0.3) is 0 Å². The molecule has 0 aliphatic carbocycles. The molecule has 0 fully saturated rings. The van der Waals surface area contributed by atoms with Gasteiger partial charge in [-0.1, -0.05) is 110 Å². The summed E-state index contributed by atoms with van der Waals surface area (Å²) in [5.74, 6) is 0. The quantitative estimate of drug-likeness (QED) is 0.167. The molecule has 0 aromatic rings. The Bertz CT molecular complexity index is 429. The summed E-state index contributed by atoms with van der Waals surface area (Å²) in [7, 11) is -4.12. The van der Waals surface area contributed by atoms with Crippen LogP contribution in [0.4, 0.5) is 0 Å². The zero-order valence-electron chi connectivity index (χ0n) is 19.7. The second-order valence-electron chi connectivity index (χ2n) is 8.49. The Morgan fingerprint density at radius 1 is 0.655 bits per heavy atom. The van der Waals surface area contributed by atoms with Gasteiger partial charge in [0.1, 0.15) is 0 Å². The number of aliphatic hydroxyl groups is 1. The average Bonchev–Trinajstić information content (AvgIpc) is 2.65. The molecule has 0 aliphatic rings. The molecule has 0 saturated carbocycles. The number of rotatable bonds is 21. The van der Waals surface area contributed by atoms with Crippen molar-refractivity contribution in [1.82, 2.24) is 0 Å². The van der Waals surface area contributed by atoms with Crippen molar-refractivity contribution in [3.63, 3.8) is 0 Å². The monoisotopic (exact) mass is 442 g/mol. The van der Waals surface area contributed by atoms with Gasteiger partial charge in [0, 0.05) is 5.25 Å². The molecule has 0 spiro atoms. The first kappa shape index (κ1) is 32.1. The van der Waals surface area contributed by atoms with Gasteiger partial charge in [-0.15, -0.1) is 0 Å². The van der Waals surface area contributed by atoms with E-state index >= 15 is 0 Å². The fourth-order valence-corrected chi connectivity index (χ4v) is 4.68. The van der Waals surface area contributed by atoms with E-state index in [-0.39, 0.29) is 35.7 Å². The van der Waals surface area contributed by atoms with Gasteiger partial charge < -0.3 is 9.66 Å². The maximum atomic E-state index is 11.3. The third-order valence-electron chi connectivity index (χ3n) is 5.82. The zero-order valence-corrected chi connectivity index (χ0v) is 22.5. The fourth-order valence-electron chi connectivity index (χ4n) is 3.77. The molecule has 0 saturated heterocycles. The van der Waals surface area contributed by atoms with Crippen LogP contribution in [0.3, 0.4) is 0 Å². The van der Waals surface area contributed by atoms with E-state index in [1.807, 2.05) is 13.8 Å². The average molecular weight is 443 g/mol. The van der Waals surface area contributed by atoms with Gasteiger partial charge in [-0.2, -0.15) is 0 Å². The molecule has 0 aromatic heterocycles. The smallest absolute Gasteiger partial charge is 0.748 e. The van der Waals surface area contributed by atoms with Crippen molar-refractivity contribution < 1.29 is 47.6 Å². The van der Waals surface area contributed by atoms with Gasteiger partial charge in [-0.25, -0.2) is 8.42 Å². The third-order valence-corrected chi connectivity index (χ3v) is 7.11. The van der Waals surface area contributed by atoms with Crippen molar-refractivity contribution in [3.05, 3.63) is 0 Å². The van der Waals surface area contributed by atoms with Crippen molar-refractivity contribution in [1.29, 1.82) is 0 Å². The Labute approximate surface area is 204 Å². The van der Waals surface area contributed by atoms with Gasteiger partial charge in [0.2, 0.25) is 0 Å². The van der Waals surface area contributed by atoms with Gasteiger partial charge in [-0.05, 0) is 25.7 Å². The van der Waals surface area contributed by atoms with E-state index in [0.29, 0.717) is 12.8 Å². The van der Waals surface area contributed by atoms with E-state index in [9.17, 15) is 18.1 Å². The molecule has 0 rings (SSSR count). The van der Waals surface area contributed by atoms with Crippen LogP contribution >= 0.6 is 0 Å². The minimum absolute atomic E-state index is 0. The van der Waals surface area contributed by atoms with Crippen molar-refractivity contribution in [2.75, 3.05) is 0 Å². The van der Waals surface area contributed by atoms with Gasteiger partial charge in [0.05, 0.1) is 16.2 Å². The van der Waals surface area contributed by atoms with E-state index in [0.717, 1.165) is 51.4 Å². The molecule has 170 valence electrons. The molecule has 0 heterocycles. The maximum Gasteiger partial charge on any atom is 1.00 e. The summed E-state index contributed by atoms with van der Waals surface area (Å²) >= 11 is 0. The Morgan fingerprint density at radius 3 is 1.34 bits per heavy atom. The standard InChI is InChI=1S/C23H48O4S.Na/c1-3-5-20-23(28(25,26)27)21-18-16-14-12-10-8-6-7-9-11-13-15-17-19-22(24)4-2;/h22-24H,3-21H2,1-2H3,(H,25,26,27);/q;+1/p-1. The van der Waals surface area contributed by atoms with Crippen LogP contribution < -0.4 is 29.6 Å². The van der Waals surface area contributed by atoms with Gasteiger partial charge in [0.25, 0.3) is 0 Å². The second kappa shape index (κ2) is 22.1. The van der Waals surface area contributed by atoms with Crippen LogP contribution in [-0.2, 0) is 10.1 Å². The van der Waals surface area contributed by atoms with Crippen LogP contribution in [0.1, 0.15) is 136 Å². The summed E-state index contributed by atoms with van der Waals surface area (Å²) in [5, 5.41) is 8.84. The molecule has 1 N–H and O–H groups in total. The van der Waals surface area contributed by atoms with Crippen molar-refractivity contribution >= 4 is 10.1 Å². The Morgan fingerprint density at radius 2 is 1.00 bits per heavy atom. The van der Waals surface area contributed by atoms with Crippen molar-refractivity contribution in [3.8, 4) is 0 Å². The normalized spacial score (nSPS) is 13.8. The summed E-state index contributed by atoms with van der Waals surface area (Å²) in [4.78, 5) is 0. The first-order chi connectivity index (χ1) is 13.4. The molecule has 2 unspecified atom stereocenters. The second-order valence-corrected chi connectivity index (χ2v) is 10.1. The molecule has 0 amide bonds. The summed E-state index contributed by atoms with van der Waals surface area (Å²) in [6.45, 7) is 4.06. The molecule has 6 heteroatoms. The zero-order chi connectivity index (χ0) is 21.1. The van der Waals surface area contributed by atoms with Gasteiger partial charge in [-0.3, -0.25) is 0 Å². The van der Waals surface area contributed by atoms with Crippen LogP contribution in [0.15, 0.2) is 0 Å². The Kier molecular flexibility index (Phi) is 24.4. The fraction of sp³-hybridized carbons (Fsp3) is 1.00. The molecule has 29 heavy (non-hydrogen) atoms. The molecule has 4 nitrogen and oxygen atoms in total. The number of hydrogen-bond donors (Lipinski definition) is 1. The predicted octanol–water partition coefficient (Wildman–Crippen LogP) is 3.72. The maximum absolute atomic E-state index is 11.3. The summed E-state index contributed by atoms with van der Waals surface area (Å²) in [6.07, 6.45) is 20.5. The Hall–Kier alpha value is 0.870. The third kappa shape index (κ3) is 21.9. The largest absolute Gasteiger partial charge is 1.00 e. The summed E-state index contributed by atoms with van der Waals surface area (Å²) in [6, 6.07) is 0. The van der Waals surface area contributed by atoms with Crippen molar-refractivity contribution in [2.45, 2.75) is 147 Å². The van der Waals surface area contributed by atoms with E-state index in [1.54, 1.807) is 0 Å². The van der Waals surface area contributed by atoms with Crippen LogP contribution in [0.2, 0.25) is 0 Å². The molecule has 2 atom stereocenters. The number of unbranched alkanes of at least 4 members (excludes halogenated alkanes) is 13. The van der Waals surface area contributed by atoms with E-state index in [2.05, 4.69) is 0 Å². The van der Waals surface area contributed by atoms with Crippen molar-refractivity contribution in [2.24, 2.45) is 0 Å². The summed E-state index contributed by atoms with van der Waals surface area (Å²) < 4.78 is 33.8. The van der Waals surface area contributed by atoms with E-state index in [4.69, 9.17) is 0 Å². The topological polar surface area (TPSA) is 77.4 Å². The molecule has 0 bridgehead atoms. The van der Waals surface area contributed by atoms with Gasteiger partial charge >= 0.3 is 29.6 Å². The minimum Gasteiger partial charge on any atom is -0.748 e. The predicted molar refractivity (Wildman–Crippen MR) is 119 cm³/mol. The number of hydrogen-bond acceptors (Lipinski definition) is 4. The van der Waals surface area contributed by atoms with E-state index in [1.165, 1.54) is 57.8 Å². The van der Waals surface area contributed by atoms with E-state index < -0.39 is 15.4 Å². The van der Waals surface area contributed by atoms with Crippen LogP contribution in [0.5, 0.6) is 0 Å². The van der Waals surface area contributed by atoms with Gasteiger partial charge in [0.15, 0.2) is 0 Å². The molecule has 0 aromatic carbocycles. The summed E-state index contributed by atoms with van der Waals surface area (Å²) in [5.41, 5.74) is 0. The first-order valence-electron chi connectivity index (χ1n) is 12.0. The molecular formula is C23H47NaO4S. The number of aliphatic hydroxyl groups excluding tert-OH is 1. The first-order valence-corrected chi connectivity index (χ1v) is 13.5. The SMILES string of the molecule is CCCCC(CCCCCCCCCCCCCCCC(O)CC)S(=O)(=O)[O-].[Na+]. The molecule has 0 aliphatic heterocycles. The Balaban J connectivity index is 0.